The molecule has 3 aliphatic heterocycles. The number of nitrogens with two attached hydrogens (primary N) is 1. The molecule has 3 aromatic carbocycles. The lowest BCUT2D eigenvalue weighted by atomic mass is 10.0. The highest BCUT2D eigenvalue weighted by atomic mass is 16.5. The number of piperazine rings is 1. The molecule has 14 heteroatoms. The van der Waals surface area contributed by atoms with Gasteiger partial charge in [-0.1, -0.05) is 42.5 Å². The molecule has 4 aromatic rings. The number of phenols is 1. The molecular formula is C38H39N7O7. The molecule has 0 aliphatic carbocycles. The van der Waals surface area contributed by atoms with Crippen molar-refractivity contribution < 1.29 is 33.8 Å². The molecule has 4 N–H and O–H groups in total. The van der Waals surface area contributed by atoms with Crippen LogP contribution in [0.5, 0.6) is 17.2 Å². The SMILES string of the molecule is Nc1nnc(-c2ccccc2O)cc1OCCc1ccc(CN2CCN(CCOc3cccc4c3C(=O)N(C3CCC(=O)NC3=O)C4=O)CC2)cc1. The van der Waals surface area contributed by atoms with Crippen molar-refractivity contribution >= 4 is 29.4 Å². The lowest BCUT2D eigenvalue weighted by Gasteiger charge is -2.34. The Balaban J connectivity index is 0.844. The molecule has 268 valence electrons. The number of rotatable bonds is 12. The van der Waals surface area contributed by atoms with Gasteiger partial charge in [-0.25, -0.2) is 0 Å². The smallest absolute Gasteiger partial charge is 0.266 e. The van der Waals surface area contributed by atoms with Crippen LogP contribution in [0.3, 0.4) is 0 Å². The lowest BCUT2D eigenvalue weighted by molar-refractivity contribution is -0.136. The van der Waals surface area contributed by atoms with Gasteiger partial charge in [-0.05, 0) is 41.8 Å². The van der Waals surface area contributed by atoms with E-state index in [1.165, 1.54) is 5.56 Å². The number of carbonyl (C=O) groups excluding carboxylic acids is 4. The predicted molar refractivity (Wildman–Crippen MR) is 190 cm³/mol. The summed E-state index contributed by atoms with van der Waals surface area (Å²) in [4.78, 5) is 56.1. The molecule has 14 nitrogen and oxygen atoms in total. The number of amides is 4. The fourth-order valence-electron chi connectivity index (χ4n) is 6.73. The highest BCUT2D eigenvalue weighted by Gasteiger charge is 2.46. The zero-order valence-corrected chi connectivity index (χ0v) is 28.5. The van der Waals surface area contributed by atoms with E-state index in [1.807, 2.05) is 6.07 Å². The Labute approximate surface area is 300 Å². The first-order valence-electron chi connectivity index (χ1n) is 17.3. The molecule has 1 aromatic heterocycles. The van der Waals surface area contributed by atoms with E-state index < -0.39 is 29.7 Å². The summed E-state index contributed by atoms with van der Waals surface area (Å²) < 4.78 is 12.0. The topological polar surface area (TPSA) is 181 Å². The van der Waals surface area contributed by atoms with Crippen molar-refractivity contribution in [3.8, 4) is 28.5 Å². The molecule has 0 spiro atoms. The summed E-state index contributed by atoms with van der Waals surface area (Å²) in [6, 6.07) is 20.9. The fourth-order valence-corrected chi connectivity index (χ4v) is 6.73. The molecule has 52 heavy (non-hydrogen) atoms. The summed E-state index contributed by atoms with van der Waals surface area (Å²) in [6.07, 6.45) is 0.854. The molecule has 0 bridgehead atoms. The average Bonchev–Trinajstić information content (AvgIpc) is 3.40. The Morgan fingerprint density at radius 2 is 1.50 bits per heavy atom. The van der Waals surface area contributed by atoms with Gasteiger partial charge >= 0.3 is 0 Å². The first kappa shape index (κ1) is 34.6. The summed E-state index contributed by atoms with van der Waals surface area (Å²) in [5.41, 5.74) is 9.75. The minimum absolute atomic E-state index is 0.0667. The number of piperidine rings is 1. The van der Waals surface area contributed by atoms with Crippen molar-refractivity contribution in [2.45, 2.75) is 31.8 Å². The van der Waals surface area contributed by atoms with Gasteiger partial charge in [-0.15, -0.1) is 10.2 Å². The molecule has 0 radical (unpaired) electrons. The van der Waals surface area contributed by atoms with Crippen LogP contribution in [0.2, 0.25) is 0 Å². The molecule has 3 aliphatic rings. The fraction of sp³-hybridized carbons (Fsp3) is 0.316. The molecular weight excluding hydrogens is 666 g/mol. The minimum atomic E-state index is -1.02. The summed E-state index contributed by atoms with van der Waals surface area (Å²) in [7, 11) is 0. The van der Waals surface area contributed by atoms with Gasteiger partial charge in [0, 0.05) is 63.7 Å². The van der Waals surface area contributed by atoms with Crippen molar-refractivity contribution in [2.24, 2.45) is 0 Å². The number of benzene rings is 3. The number of carbonyl (C=O) groups is 4. The van der Waals surface area contributed by atoms with Crippen LogP contribution in [0.15, 0.2) is 72.8 Å². The van der Waals surface area contributed by atoms with Gasteiger partial charge in [0.15, 0.2) is 11.6 Å². The van der Waals surface area contributed by atoms with E-state index in [2.05, 4.69) is 49.6 Å². The maximum absolute atomic E-state index is 13.3. The standard InChI is InChI=1S/C38H39N7O7/c39-35-32(22-28(41-42-35)26-4-1-2-6-30(26)46)51-20-14-24-8-10-25(11-9-24)23-44-17-15-43(16-18-44)19-21-52-31-7-3-5-27-34(31)38(50)45(37(27)49)29-12-13-33(47)40-36(29)48/h1-11,22,29,46H,12-21,23H2,(H2,39,42)(H,40,47,48). The van der Waals surface area contributed by atoms with E-state index in [4.69, 9.17) is 15.2 Å². The highest BCUT2D eigenvalue weighted by Crippen LogP contribution is 2.34. The number of para-hydroxylation sites is 1. The average molecular weight is 706 g/mol. The van der Waals surface area contributed by atoms with Crippen LogP contribution in [0.1, 0.15) is 44.7 Å². The predicted octanol–water partition coefficient (Wildman–Crippen LogP) is 2.65. The van der Waals surface area contributed by atoms with Crippen molar-refractivity contribution in [1.29, 1.82) is 0 Å². The number of hydrogen-bond acceptors (Lipinski definition) is 12. The number of hydrogen-bond donors (Lipinski definition) is 3. The number of ether oxygens (including phenoxy) is 2. The second-order valence-corrected chi connectivity index (χ2v) is 13.0. The Hall–Kier alpha value is -5.86. The molecule has 4 heterocycles. The highest BCUT2D eigenvalue weighted by molar-refractivity contribution is 6.24. The Bertz CT molecular complexity index is 2000. The normalized spacial score (nSPS) is 18.0. The molecule has 2 saturated heterocycles. The lowest BCUT2D eigenvalue weighted by Crippen LogP contribution is -2.54. The zero-order chi connectivity index (χ0) is 36.2. The number of nitrogens with one attached hydrogen (secondary N) is 1. The number of aromatic hydroxyl groups is 1. The van der Waals surface area contributed by atoms with Gasteiger partial charge in [0.1, 0.15) is 29.8 Å². The summed E-state index contributed by atoms with van der Waals surface area (Å²) >= 11 is 0. The second-order valence-electron chi connectivity index (χ2n) is 13.0. The first-order valence-corrected chi connectivity index (χ1v) is 17.3. The molecule has 0 saturated carbocycles. The van der Waals surface area contributed by atoms with Gasteiger partial charge in [0.2, 0.25) is 11.8 Å². The van der Waals surface area contributed by atoms with E-state index in [-0.39, 0.29) is 35.5 Å². The van der Waals surface area contributed by atoms with E-state index >= 15 is 0 Å². The number of aromatic nitrogens is 2. The van der Waals surface area contributed by atoms with E-state index in [1.54, 1.807) is 42.5 Å². The monoisotopic (exact) mass is 705 g/mol. The van der Waals surface area contributed by atoms with Crippen LogP contribution < -0.4 is 20.5 Å². The summed E-state index contributed by atoms with van der Waals surface area (Å²) in [5, 5.41) is 20.5. The van der Waals surface area contributed by atoms with Crippen LogP contribution >= 0.6 is 0 Å². The van der Waals surface area contributed by atoms with Gasteiger partial charge in [0.05, 0.1) is 17.7 Å². The molecule has 4 amide bonds. The van der Waals surface area contributed by atoms with E-state index in [0.29, 0.717) is 48.9 Å². The minimum Gasteiger partial charge on any atom is -0.507 e. The van der Waals surface area contributed by atoms with Crippen molar-refractivity contribution in [3.05, 3.63) is 95.1 Å². The van der Waals surface area contributed by atoms with Gasteiger partial charge < -0.3 is 20.3 Å². The summed E-state index contributed by atoms with van der Waals surface area (Å²) in [6.45, 7) is 5.77. The van der Waals surface area contributed by atoms with Crippen molar-refractivity contribution in [3.63, 3.8) is 0 Å². The van der Waals surface area contributed by atoms with Crippen LogP contribution in [0.25, 0.3) is 11.3 Å². The molecule has 7 rings (SSSR count). The van der Waals surface area contributed by atoms with Crippen LogP contribution in [-0.4, -0.2) is 106 Å². The molecule has 2 fully saturated rings. The Morgan fingerprint density at radius 3 is 2.27 bits per heavy atom. The third kappa shape index (κ3) is 7.43. The van der Waals surface area contributed by atoms with Gasteiger partial charge in [-0.2, -0.15) is 0 Å². The van der Waals surface area contributed by atoms with Gasteiger partial charge in [0.25, 0.3) is 11.8 Å². The second kappa shape index (κ2) is 15.2. The third-order valence-electron chi connectivity index (χ3n) is 9.60. The molecule has 1 atom stereocenters. The maximum Gasteiger partial charge on any atom is 0.266 e. The van der Waals surface area contributed by atoms with Crippen LogP contribution in [0.4, 0.5) is 5.82 Å². The largest absolute Gasteiger partial charge is 0.507 e. The van der Waals surface area contributed by atoms with Crippen molar-refractivity contribution in [1.82, 2.24) is 30.2 Å². The number of phenolic OH excluding ortho intramolecular Hbond substituents is 1. The number of nitrogens with zero attached hydrogens (tertiary/aromatic N) is 5. The number of anilines is 1. The zero-order valence-electron chi connectivity index (χ0n) is 28.5. The van der Waals surface area contributed by atoms with Gasteiger partial charge in [-0.3, -0.25) is 39.2 Å². The number of fused-ring (bicyclic) bond motifs is 1. The van der Waals surface area contributed by atoms with Crippen molar-refractivity contribution in [2.75, 3.05) is 51.7 Å². The summed E-state index contributed by atoms with van der Waals surface area (Å²) in [5.74, 6) is -1.15. The maximum atomic E-state index is 13.3. The van der Waals surface area contributed by atoms with E-state index in [0.717, 1.165) is 43.2 Å². The first-order chi connectivity index (χ1) is 25.2. The Kier molecular flexibility index (Phi) is 10.1. The number of imide groups is 2. The number of nitrogen functional groups attached to an aromatic ring is 1. The Morgan fingerprint density at radius 1 is 0.788 bits per heavy atom. The quantitative estimate of drug-likeness (QED) is 0.184. The van der Waals surface area contributed by atoms with Crippen LogP contribution in [0, 0.1) is 0 Å². The third-order valence-corrected chi connectivity index (χ3v) is 9.60. The van der Waals surface area contributed by atoms with Crippen LogP contribution in [-0.2, 0) is 22.6 Å². The molecule has 1 unspecified atom stereocenters. The van der Waals surface area contributed by atoms with E-state index in [9.17, 15) is 24.3 Å².